The van der Waals surface area contributed by atoms with Gasteiger partial charge in [-0.25, -0.2) is 0 Å². The summed E-state index contributed by atoms with van der Waals surface area (Å²) in [5.74, 6) is 0. The van der Waals surface area contributed by atoms with Crippen LogP contribution in [0, 0.1) is 0 Å². The van der Waals surface area contributed by atoms with Crippen molar-refractivity contribution in [2.24, 2.45) is 0 Å². The van der Waals surface area contributed by atoms with Gasteiger partial charge < -0.3 is 18.3 Å². The summed E-state index contributed by atoms with van der Waals surface area (Å²) >= 11 is 0. The molecule has 4 nitrogen and oxygen atoms in total. The Labute approximate surface area is 454 Å². The second kappa shape index (κ2) is 17.0. The van der Waals surface area contributed by atoms with Crippen LogP contribution in [0.4, 0.5) is 0 Å². The largest absolute Gasteiger partial charge is 0.309 e. The van der Waals surface area contributed by atoms with Gasteiger partial charge >= 0.3 is 0 Å². The number of nitrogens with zero attached hydrogens (tertiary/aromatic N) is 4. The smallest absolute Gasteiger partial charge is 0.179 e. The Balaban J connectivity index is 1.19. The molecule has 16 aromatic rings. The van der Waals surface area contributed by atoms with Gasteiger partial charge in [0.15, 0.2) is 8.07 Å². The van der Waals surface area contributed by atoms with E-state index in [9.17, 15) is 8.22 Å². The molecular weight excluding hydrogens is 949 g/mol. The number of aromatic nitrogens is 4. The second-order valence-electron chi connectivity index (χ2n) is 19.9. The number of para-hydroxylation sites is 8. The first-order chi connectivity index (χ1) is 40.8. The van der Waals surface area contributed by atoms with Gasteiger partial charge in [0, 0.05) is 65.8 Å². The molecule has 0 saturated heterocycles. The van der Waals surface area contributed by atoms with Crippen LogP contribution in [0.25, 0.3) is 110 Å². The molecule has 0 aliphatic carbocycles. The number of benzene rings is 12. The van der Waals surface area contributed by atoms with Gasteiger partial charge in [-0.3, -0.25) is 0 Å². The fourth-order valence-corrected chi connectivity index (χ4v) is 17.0. The van der Waals surface area contributed by atoms with Crippen molar-refractivity contribution in [2.75, 3.05) is 0 Å². The minimum Gasteiger partial charge on any atom is -0.309 e. The van der Waals surface area contributed by atoms with Gasteiger partial charge in [-0.1, -0.05) is 206 Å². The van der Waals surface area contributed by atoms with Crippen molar-refractivity contribution >= 4 is 116 Å². The highest BCUT2D eigenvalue weighted by Crippen LogP contribution is 2.38. The molecule has 5 heteroatoms. The minimum atomic E-state index is -4.61. The maximum Gasteiger partial charge on any atom is 0.179 e. The van der Waals surface area contributed by atoms with Gasteiger partial charge in [0.05, 0.1) is 52.4 Å². The van der Waals surface area contributed by atoms with Crippen LogP contribution in [0.15, 0.2) is 291 Å². The van der Waals surface area contributed by atoms with Gasteiger partial charge in [-0.05, 0) is 106 Å². The molecule has 16 rings (SSSR count). The third kappa shape index (κ3) is 6.38. The molecule has 4 heterocycles. The Bertz CT molecular complexity index is 4540. The molecule has 0 spiro atoms. The monoisotopic (exact) mass is 1000 g/mol. The third-order valence-electron chi connectivity index (χ3n) is 15.8. The van der Waals surface area contributed by atoms with E-state index < -0.39 is 8.07 Å². The molecule has 0 unspecified atom stereocenters. The summed E-state index contributed by atoms with van der Waals surface area (Å²) in [6, 6.07) is 84.6. The lowest BCUT2D eigenvalue weighted by Crippen LogP contribution is -2.75. The van der Waals surface area contributed by atoms with Crippen molar-refractivity contribution in [3.05, 3.63) is 291 Å². The van der Waals surface area contributed by atoms with E-state index in [1.165, 1.54) is 0 Å². The third-order valence-corrected chi connectivity index (χ3v) is 20.2. The Morgan fingerprint density at radius 1 is 0.195 bits per heavy atom. The number of hydrogen-bond acceptors (Lipinski definition) is 0. The van der Waals surface area contributed by atoms with Gasteiger partial charge in [0.25, 0.3) is 0 Å². The lowest BCUT2D eigenvalue weighted by atomic mass is 10.2. The van der Waals surface area contributed by atoms with Crippen LogP contribution in [0.2, 0.25) is 0 Å². The first-order valence-corrected chi connectivity index (χ1v) is 28.1. The second-order valence-corrected chi connectivity index (χ2v) is 23.5. The Kier molecular flexibility index (Phi) is 8.36. The zero-order chi connectivity index (χ0) is 55.8. The summed E-state index contributed by atoms with van der Waals surface area (Å²) < 4.78 is 75.6. The lowest BCUT2D eigenvalue weighted by Gasteiger charge is -2.36. The van der Waals surface area contributed by atoms with Gasteiger partial charge in [0.1, 0.15) is 0 Å². The minimum absolute atomic E-state index is 0.0126. The van der Waals surface area contributed by atoms with Crippen LogP contribution in [0.1, 0.15) is 8.22 Å². The van der Waals surface area contributed by atoms with Gasteiger partial charge in [-0.15, -0.1) is 0 Å². The summed E-state index contributed by atoms with van der Waals surface area (Å²) in [4.78, 5) is 0. The zero-order valence-corrected chi connectivity index (χ0v) is 42.5. The van der Waals surface area contributed by atoms with Crippen LogP contribution in [0.5, 0.6) is 0 Å². The Hall–Kier alpha value is -9.94. The SMILES string of the molecule is [2H]c1c(-n2c3ccccc3c3ccccc32)c([2H])c([Si](c2ccccc2)(c2ccccc2)c2c([2H])c(-n3c4ccccc4c4ccccc43)c([2H])c(-n3c4ccccc4c4ccccc43)c2[2H])c([2H])c1-n1c2ccccc2c2ccccc21. The predicted octanol–water partition coefficient (Wildman–Crippen LogP) is 15.5. The van der Waals surface area contributed by atoms with Crippen molar-refractivity contribution in [1.29, 1.82) is 0 Å². The molecule has 0 bridgehead atoms. The molecular formula is C72H48N4Si. The molecule has 0 aliphatic rings. The van der Waals surface area contributed by atoms with Crippen molar-refractivity contribution in [3.63, 3.8) is 0 Å². The molecule has 12 aromatic carbocycles. The zero-order valence-electron chi connectivity index (χ0n) is 47.5. The molecule has 360 valence electrons. The van der Waals surface area contributed by atoms with Gasteiger partial charge in [0.2, 0.25) is 0 Å². The van der Waals surface area contributed by atoms with Crippen molar-refractivity contribution in [1.82, 2.24) is 18.3 Å². The number of fused-ring (bicyclic) bond motifs is 12. The highest BCUT2D eigenvalue weighted by atomic mass is 28.3. The molecule has 4 aromatic heterocycles. The first-order valence-electron chi connectivity index (χ1n) is 29.1. The Morgan fingerprint density at radius 3 is 0.584 bits per heavy atom. The van der Waals surface area contributed by atoms with Crippen molar-refractivity contribution < 1.29 is 8.22 Å². The standard InChI is InChI=1S/C72H48N4Si/c1-3-23-53(24-4-1)77(54-25-5-2-6-26-54,55-45-49(73-65-35-15-7-27-57(65)58-28-8-16-36-66(58)73)43-50(46-55)74-67-37-17-9-29-59(67)60-30-10-18-38-68(60)74)56-47-51(75-69-39-19-11-31-61(69)62-32-12-20-40-70(62)75)44-52(48-56)76-71-41-21-13-33-63(71)64-34-14-22-42-72(64)76/h1-48H/i43D,44D,45D,46D,47D,48D. The summed E-state index contributed by atoms with van der Waals surface area (Å²) in [6.07, 6.45) is 0. The van der Waals surface area contributed by atoms with E-state index in [4.69, 9.17) is 0 Å². The molecule has 0 saturated carbocycles. The summed E-state index contributed by atoms with van der Waals surface area (Å²) in [5, 5.41) is 9.67. The first kappa shape index (κ1) is 37.7. The van der Waals surface area contributed by atoms with Crippen LogP contribution in [-0.2, 0) is 0 Å². The molecule has 77 heavy (non-hydrogen) atoms. The van der Waals surface area contributed by atoms with Crippen LogP contribution in [0.3, 0.4) is 0 Å². The van der Waals surface area contributed by atoms with E-state index in [0.717, 1.165) is 97.6 Å². The molecule has 0 N–H and O–H groups in total. The lowest BCUT2D eigenvalue weighted by molar-refractivity contribution is 1.14. The van der Waals surface area contributed by atoms with Crippen LogP contribution in [-0.4, -0.2) is 26.3 Å². The molecule has 0 amide bonds. The fraction of sp³-hybridized carbons (Fsp3) is 0. The normalized spacial score (nSPS) is 13.2. The molecule has 0 radical (unpaired) electrons. The highest BCUT2D eigenvalue weighted by Gasteiger charge is 2.43. The van der Waals surface area contributed by atoms with Crippen LogP contribution < -0.4 is 20.7 Å². The van der Waals surface area contributed by atoms with E-state index in [0.29, 0.717) is 10.4 Å². The Morgan fingerprint density at radius 2 is 0.377 bits per heavy atom. The maximum atomic E-state index is 11.4. The maximum absolute atomic E-state index is 11.4. The van der Waals surface area contributed by atoms with E-state index in [2.05, 4.69) is 48.5 Å². The number of hydrogen-bond donors (Lipinski definition) is 0. The van der Waals surface area contributed by atoms with E-state index in [1.807, 2.05) is 225 Å². The van der Waals surface area contributed by atoms with E-state index in [1.54, 1.807) is 0 Å². The average molecular weight is 1000 g/mol. The topological polar surface area (TPSA) is 19.7 Å². The summed E-state index contributed by atoms with van der Waals surface area (Å²) in [6.45, 7) is 0. The van der Waals surface area contributed by atoms with Crippen molar-refractivity contribution in [2.45, 2.75) is 0 Å². The molecule has 0 aliphatic heterocycles. The number of rotatable bonds is 8. The average Bonchev–Trinajstić information content (AvgIpc) is 1.87. The molecule has 0 fully saturated rings. The summed E-state index contributed by atoms with van der Waals surface area (Å²) in [7, 11) is -4.61. The fourth-order valence-electron chi connectivity index (χ4n) is 12.6. The predicted molar refractivity (Wildman–Crippen MR) is 327 cm³/mol. The van der Waals surface area contributed by atoms with Gasteiger partial charge in [-0.2, -0.15) is 0 Å². The van der Waals surface area contributed by atoms with Crippen LogP contribution >= 0.6 is 0 Å². The highest BCUT2D eigenvalue weighted by molar-refractivity contribution is 7.20. The quantitative estimate of drug-likeness (QED) is 0.107. The van der Waals surface area contributed by atoms with Crippen molar-refractivity contribution in [3.8, 4) is 22.7 Å². The summed E-state index contributed by atoms with van der Waals surface area (Å²) in [5.41, 5.74) is 7.44. The van der Waals surface area contributed by atoms with E-state index in [-0.39, 0.29) is 59.0 Å². The van der Waals surface area contributed by atoms with E-state index >= 15 is 0 Å². The molecule has 0 atom stereocenters.